The minimum atomic E-state index is -4.87. The Hall–Kier alpha value is 1.19. The van der Waals surface area contributed by atoms with Gasteiger partial charge in [-0.3, -0.25) is 0 Å². The zero-order valence-corrected chi connectivity index (χ0v) is 14.0. The molecule has 1 nitrogen and oxygen atoms in total. The molecule has 94 valence electrons. The molecule has 1 saturated carbocycles. The van der Waals surface area contributed by atoms with Gasteiger partial charge < -0.3 is 17.8 Å². The van der Waals surface area contributed by atoms with E-state index in [9.17, 15) is 12.9 Å². The van der Waals surface area contributed by atoms with E-state index in [1.807, 2.05) is 0 Å². The topological polar surface area (TPSA) is 3.24 Å². The van der Waals surface area contributed by atoms with Crippen LogP contribution in [0.25, 0.3) is 0 Å². The van der Waals surface area contributed by atoms with E-state index < -0.39 is 12.4 Å². The van der Waals surface area contributed by atoms with Crippen LogP contribution in [0.1, 0.15) is 32.1 Å². The van der Waals surface area contributed by atoms with Crippen LogP contribution in [0, 0.1) is 5.92 Å². The molecule has 0 atom stereocenters. The summed E-state index contributed by atoms with van der Waals surface area (Å²) in [5.41, 5.74) is -0.585. The minimum Gasteiger partial charge on any atom is -0.445 e. The van der Waals surface area contributed by atoms with Gasteiger partial charge in [-0.25, -0.2) is 0 Å². The molecule has 1 aliphatic carbocycles. The third-order valence-electron chi connectivity index (χ3n) is 3.23. The van der Waals surface area contributed by atoms with Crippen molar-refractivity contribution in [2.75, 3.05) is 20.1 Å². The number of hydrogen-bond acceptors (Lipinski definition) is 1. The van der Waals surface area contributed by atoms with E-state index in [-0.39, 0.29) is 57.9 Å². The molecule has 0 aromatic rings. The van der Waals surface area contributed by atoms with Crippen molar-refractivity contribution in [2.24, 2.45) is 5.92 Å². The van der Waals surface area contributed by atoms with Gasteiger partial charge in [-0.1, -0.05) is 19.3 Å². The number of nitrogens with zero attached hydrogens (tertiary/aromatic N) is 1. The summed E-state index contributed by atoms with van der Waals surface area (Å²) in [6.45, 7) is -1.02. The van der Waals surface area contributed by atoms with Gasteiger partial charge in [0, 0.05) is 6.54 Å². The number of rotatable bonds is 5. The first-order valence-corrected chi connectivity index (χ1v) is 5.95. The SMILES string of the molecule is C=C(CN(C)CC1CCCCC1)[B-](F)(F)F.[K+]. The van der Waals surface area contributed by atoms with Crippen molar-refractivity contribution in [3.05, 3.63) is 12.1 Å². The molecule has 1 rings (SSSR count). The third-order valence-corrected chi connectivity index (χ3v) is 3.23. The van der Waals surface area contributed by atoms with E-state index in [4.69, 9.17) is 0 Å². The summed E-state index contributed by atoms with van der Waals surface area (Å²) >= 11 is 0. The molecule has 0 N–H and O–H groups in total. The molecule has 0 heterocycles. The molecule has 6 heteroatoms. The quantitative estimate of drug-likeness (QED) is 0.657. The van der Waals surface area contributed by atoms with E-state index in [0.717, 1.165) is 19.4 Å². The first-order chi connectivity index (χ1) is 7.39. The summed E-state index contributed by atoms with van der Waals surface area (Å²) in [6.07, 6.45) is 6.05. The maximum absolute atomic E-state index is 12.3. The number of likely N-dealkylation sites (N-methyl/N-ethyl adjacent to an activating group) is 1. The average Bonchev–Trinajstić information content (AvgIpc) is 2.17. The van der Waals surface area contributed by atoms with Crippen LogP contribution < -0.4 is 51.4 Å². The van der Waals surface area contributed by atoms with Crippen LogP contribution in [0.2, 0.25) is 0 Å². The van der Waals surface area contributed by atoms with Crippen LogP contribution in [0.3, 0.4) is 0 Å². The molecule has 17 heavy (non-hydrogen) atoms. The van der Waals surface area contributed by atoms with Gasteiger partial charge in [0.05, 0.1) is 0 Å². The molecule has 0 aliphatic heterocycles. The Labute approximate surface area is 145 Å². The Morgan fingerprint density at radius 1 is 1.24 bits per heavy atom. The predicted molar refractivity (Wildman–Crippen MR) is 62.3 cm³/mol. The Kier molecular flexibility index (Phi) is 8.97. The summed E-state index contributed by atoms with van der Waals surface area (Å²) in [5.74, 6) is 0.576. The fourth-order valence-electron chi connectivity index (χ4n) is 2.33. The maximum Gasteiger partial charge on any atom is 1.00 e. The zero-order chi connectivity index (χ0) is 12.2. The van der Waals surface area contributed by atoms with Crippen molar-refractivity contribution in [1.29, 1.82) is 0 Å². The maximum atomic E-state index is 12.3. The fraction of sp³-hybridized carbons (Fsp3) is 0.818. The van der Waals surface area contributed by atoms with Crippen molar-refractivity contribution in [2.45, 2.75) is 32.1 Å². The monoisotopic (exact) mass is 273 g/mol. The molecule has 1 fully saturated rings. The van der Waals surface area contributed by atoms with Crippen molar-refractivity contribution in [1.82, 2.24) is 4.90 Å². The summed E-state index contributed by atoms with van der Waals surface area (Å²) in [6, 6.07) is 0. The first-order valence-electron chi connectivity index (χ1n) is 5.95. The molecular formula is C11H20BF3KN. The normalized spacial score (nSPS) is 17.9. The Balaban J connectivity index is 0.00000256. The van der Waals surface area contributed by atoms with Gasteiger partial charge in [0.2, 0.25) is 0 Å². The summed E-state index contributed by atoms with van der Waals surface area (Å²) in [5, 5.41) is 0. The molecule has 0 radical (unpaired) electrons. The van der Waals surface area contributed by atoms with E-state index in [0.29, 0.717) is 5.92 Å². The van der Waals surface area contributed by atoms with Crippen molar-refractivity contribution in [3.63, 3.8) is 0 Å². The predicted octanol–water partition coefficient (Wildman–Crippen LogP) is 0.445. The minimum absolute atomic E-state index is 0. The Morgan fingerprint density at radius 2 is 1.76 bits per heavy atom. The standard InChI is InChI=1S/C11H20BF3N.K/c1-10(12(13,14)15)8-16(2)9-11-6-4-3-5-7-11;/h11H,1,3-9H2,2H3;/q-1;+1. The third kappa shape index (κ3) is 7.38. The van der Waals surface area contributed by atoms with Crippen LogP contribution in [0.4, 0.5) is 12.9 Å². The molecule has 0 bridgehead atoms. The molecule has 0 unspecified atom stereocenters. The van der Waals surface area contributed by atoms with Gasteiger partial charge in [0.15, 0.2) is 0 Å². The fourth-order valence-corrected chi connectivity index (χ4v) is 2.33. The molecule has 1 aliphatic rings. The molecule has 0 saturated heterocycles. The summed E-state index contributed by atoms with van der Waals surface area (Å²) in [4.78, 5) is 1.76. The first kappa shape index (κ1) is 18.2. The van der Waals surface area contributed by atoms with Gasteiger partial charge in [0.1, 0.15) is 0 Å². The zero-order valence-electron chi connectivity index (χ0n) is 10.9. The van der Waals surface area contributed by atoms with E-state index in [2.05, 4.69) is 6.58 Å². The Bertz CT molecular complexity index is 239. The molecular weight excluding hydrogens is 253 g/mol. The van der Waals surface area contributed by atoms with Crippen molar-refractivity contribution >= 4 is 6.98 Å². The van der Waals surface area contributed by atoms with Gasteiger partial charge in [0.25, 0.3) is 0 Å². The van der Waals surface area contributed by atoms with Gasteiger partial charge in [-0.2, -0.15) is 0 Å². The molecule has 0 aromatic carbocycles. The van der Waals surface area contributed by atoms with Gasteiger partial charge in [-0.15, -0.1) is 12.1 Å². The van der Waals surface area contributed by atoms with E-state index >= 15 is 0 Å². The second-order valence-electron chi connectivity index (χ2n) is 4.93. The summed E-state index contributed by atoms with van der Waals surface area (Å²) < 4.78 is 37.0. The van der Waals surface area contributed by atoms with Crippen LogP contribution in [0.5, 0.6) is 0 Å². The molecule has 0 amide bonds. The van der Waals surface area contributed by atoms with E-state index in [1.165, 1.54) is 19.3 Å². The number of hydrogen-bond donors (Lipinski definition) is 0. The van der Waals surface area contributed by atoms with Crippen LogP contribution in [0.15, 0.2) is 12.1 Å². The molecule has 0 spiro atoms. The van der Waals surface area contributed by atoms with Crippen LogP contribution in [-0.4, -0.2) is 32.0 Å². The second-order valence-corrected chi connectivity index (χ2v) is 4.93. The Morgan fingerprint density at radius 3 is 2.24 bits per heavy atom. The average molecular weight is 273 g/mol. The van der Waals surface area contributed by atoms with Crippen molar-refractivity contribution in [3.8, 4) is 0 Å². The largest absolute Gasteiger partial charge is 1.00 e. The summed E-state index contributed by atoms with van der Waals surface area (Å²) in [7, 11) is 1.75. The number of halogens is 3. The van der Waals surface area contributed by atoms with E-state index in [1.54, 1.807) is 11.9 Å². The smallest absolute Gasteiger partial charge is 0.445 e. The van der Waals surface area contributed by atoms with Gasteiger partial charge >= 0.3 is 58.4 Å². The molecule has 0 aromatic heterocycles. The van der Waals surface area contributed by atoms with Crippen molar-refractivity contribution < 1.29 is 64.3 Å². The van der Waals surface area contributed by atoms with Crippen LogP contribution >= 0.6 is 0 Å². The van der Waals surface area contributed by atoms with Crippen LogP contribution in [-0.2, 0) is 0 Å². The second kappa shape index (κ2) is 8.38. The van der Waals surface area contributed by atoms with Gasteiger partial charge in [-0.05, 0) is 32.4 Å².